The van der Waals surface area contributed by atoms with E-state index in [0.29, 0.717) is 18.8 Å². The number of hydrogen-bond acceptors (Lipinski definition) is 4. The Morgan fingerprint density at radius 3 is 2.19 bits per heavy atom. The largest absolute Gasteiger partial charge is 0.449 e. The minimum Gasteiger partial charge on any atom is -0.449 e. The molecule has 3 aromatic carbocycles. The molecule has 0 aromatic heterocycles. The topological polar surface area (TPSA) is 56.8 Å². The van der Waals surface area contributed by atoms with Gasteiger partial charge < -0.3 is 19.5 Å². The SMILES string of the molecule is O=C(N[C@@H](Cc1ccccc1F)C1OCCO1)OCC1c2ccccc2-c2ccccc21. The summed E-state index contributed by atoms with van der Waals surface area (Å²) in [5.74, 6) is -0.359. The van der Waals surface area contributed by atoms with Crippen molar-refractivity contribution < 1.29 is 23.4 Å². The van der Waals surface area contributed by atoms with Gasteiger partial charge >= 0.3 is 6.09 Å². The normalized spacial score (nSPS) is 16.4. The molecule has 1 atom stereocenters. The van der Waals surface area contributed by atoms with E-state index in [1.807, 2.05) is 24.3 Å². The summed E-state index contributed by atoms with van der Waals surface area (Å²) < 4.78 is 31.0. The first-order valence-electron chi connectivity index (χ1n) is 10.8. The minimum atomic E-state index is -0.643. The molecule has 0 bridgehead atoms. The van der Waals surface area contributed by atoms with Crippen LogP contribution in [0.4, 0.5) is 9.18 Å². The molecular weight excluding hydrogens is 409 g/mol. The lowest BCUT2D eigenvalue weighted by molar-refractivity contribution is -0.0664. The number of ether oxygens (including phenoxy) is 3. The van der Waals surface area contributed by atoms with Crippen LogP contribution in [0, 0.1) is 5.82 Å². The number of amides is 1. The molecule has 164 valence electrons. The Hall–Kier alpha value is -3.22. The molecule has 1 fully saturated rings. The highest BCUT2D eigenvalue weighted by Crippen LogP contribution is 2.44. The fraction of sp³-hybridized carbons (Fsp3) is 0.269. The first kappa shape index (κ1) is 20.7. The summed E-state index contributed by atoms with van der Waals surface area (Å²) in [4.78, 5) is 12.7. The highest BCUT2D eigenvalue weighted by atomic mass is 19.1. The Labute approximate surface area is 186 Å². The van der Waals surface area contributed by atoms with E-state index in [2.05, 4.69) is 29.6 Å². The molecule has 2 aliphatic rings. The number of rotatable bonds is 6. The zero-order chi connectivity index (χ0) is 21.9. The van der Waals surface area contributed by atoms with Crippen LogP contribution in [0.3, 0.4) is 0 Å². The van der Waals surface area contributed by atoms with Crippen molar-refractivity contribution in [3.05, 3.63) is 95.3 Å². The van der Waals surface area contributed by atoms with Crippen LogP contribution in [-0.2, 0) is 20.6 Å². The van der Waals surface area contributed by atoms with Crippen LogP contribution < -0.4 is 5.32 Å². The molecule has 1 N–H and O–H groups in total. The van der Waals surface area contributed by atoms with Gasteiger partial charge in [-0.05, 0) is 33.9 Å². The number of halogens is 1. The van der Waals surface area contributed by atoms with E-state index >= 15 is 0 Å². The average Bonchev–Trinajstić information content (AvgIpc) is 3.46. The highest BCUT2D eigenvalue weighted by molar-refractivity contribution is 5.79. The molecule has 5 rings (SSSR count). The van der Waals surface area contributed by atoms with Gasteiger partial charge in [-0.1, -0.05) is 66.7 Å². The third-order valence-corrected chi connectivity index (χ3v) is 6.02. The molecular formula is C26H24FNO4. The minimum absolute atomic E-state index is 0.0304. The number of alkyl carbamates (subject to hydrolysis) is 1. The summed E-state index contributed by atoms with van der Waals surface area (Å²) in [6.07, 6.45) is -0.982. The number of carbonyl (C=O) groups excluding carboxylic acids is 1. The van der Waals surface area contributed by atoms with Crippen LogP contribution in [0.15, 0.2) is 72.8 Å². The van der Waals surface area contributed by atoms with Gasteiger partial charge in [-0.15, -0.1) is 0 Å². The molecule has 0 saturated carbocycles. The molecule has 32 heavy (non-hydrogen) atoms. The summed E-state index contributed by atoms with van der Waals surface area (Å²) in [5, 5.41) is 2.83. The van der Waals surface area contributed by atoms with E-state index in [1.54, 1.807) is 18.2 Å². The molecule has 1 amide bonds. The molecule has 0 unspecified atom stereocenters. The second kappa shape index (κ2) is 9.10. The van der Waals surface area contributed by atoms with Gasteiger partial charge in [-0.25, -0.2) is 9.18 Å². The van der Waals surface area contributed by atoms with E-state index in [9.17, 15) is 9.18 Å². The second-order valence-corrected chi connectivity index (χ2v) is 7.98. The van der Waals surface area contributed by atoms with Gasteiger partial charge in [0, 0.05) is 12.3 Å². The van der Waals surface area contributed by atoms with Gasteiger partial charge in [-0.3, -0.25) is 0 Å². The van der Waals surface area contributed by atoms with E-state index in [4.69, 9.17) is 14.2 Å². The zero-order valence-electron chi connectivity index (χ0n) is 17.5. The number of hydrogen-bond donors (Lipinski definition) is 1. The molecule has 3 aromatic rings. The summed E-state index contributed by atoms with van der Waals surface area (Å²) >= 11 is 0. The molecule has 1 aliphatic carbocycles. The Morgan fingerprint density at radius 1 is 0.938 bits per heavy atom. The van der Waals surface area contributed by atoms with Crippen molar-refractivity contribution in [1.29, 1.82) is 0 Å². The summed E-state index contributed by atoms with van der Waals surface area (Å²) in [6, 6.07) is 22.3. The maximum atomic E-state index is 14.2. The third kappa shape index (κ3) is 4.11. The van der Waals surface area contributed by atoms with Crippen molar-refractivity contribution in [2.45, 2.75) is 24.7 Å². The number of fused-ring (bicyclic) bond motifs is 3. The Balaban J connectivity index is 1.28. The van der Waals surface area contributed by atoms with Gasteiger partial charge in [0.25, 0.3) is 0 Å². The lowest BCUT2D eigenvalue weighted by atomic mass is 9.98. The van der Waals surface area contributed by atoms with Crippen molar-refractivity contribution in [2.24, 2.45) is 0 Å². The molecule has 5 nitrogen and oxygen atoms in total. The van der Waals surface area contributed by atoms with Crippen LogP contribution in [0.1, 0.15) is 22.6 Å². The molecule has 0 radical (unpaired) electrons. The quantitative estimate of drug-likeness (QED) is 0.615. The summed E-state index contributed by atoms with van der Waals surface area (Å²) in [5.41, 5.74) is 5.11. The van der Waals surface area contributed by atoms with Crippen molar-refractivity contribution in [3.8, 4) is 11.1 Å². The van der Waals surface area contributed by atoms with Crippen LogP contribution >= 0.6 is 0 Å². The van der Waals surface area contributed by atoms with E-state index in [1.165, 1.54) is 17.2 Å². The Kier molecular flexibility index (Phi) is 5.88. The van der Waals surface area contributed by atoms with E-state index in [0.717, 1.165) is 11.1 Å². The number of nitrogens with one attached hydrogen (secondary N) is 1. The Bertz CT molecular complexity index is 1070. The number of carbonyl (C=O) groups is 1. The lowest BCUT2D eigenvalue weighted by Crippen LogP contribution is -2.46. The van der Waals surface area contributed by atoms with Crippen LogP contribution in [0.25, 0.3) is 11.1 Å². The predicted molar refractivity (Wildman–Crippen MR) is 118 cm³/mol. The predicted octanol–water partition coefficient (Wildman–Crippen LogP) is 4.65. The zero-order valence-corrected chi connectivity index (χ0v) is 17.5. The van der Waals surface area contributed by atoms with Crippen LogP contribution in [-0.4, -0.2) is 38.2 Å². The maximum Gasteiger partial charge on any atom is 0.407 e. The van der Waals surface area contributed by atoms with Crippen molar-refractivity contribution >= 4 is 6.09 Å². The van der Waals surface area contributed by atoms with Crippen molar-refractivity contribution in [3.63, 3.8) is 0 Å². The maximum absolute atomic E-state index is 14.2. The lowest BCUT2D eigenvalue weighted by Gasteiger charge is -2.24. The monoisotopic (exact) mass is 433 g/mol. The second-order valence-electron chi connectivity index (χ2n) is 7.98. The molecule has 1 heterocycles. The van der Waals surface area contributed by atoms with Gasteiger partial charge in [0.2, 0.25) is 0 Å². The van der Waals surface area contributed by atoms with Crippen molar-refractivity contribution in [2.75, 3.05) is 19.8 Å². The van der Waals surface area contributed by atoms with E-state index < -0.39 is 18.4 Å². The summed E-state index contributed by atoms with van der Waals surface area (Å²) in [6.45, 7) is 1.08. The molecule has 0 spiro atoms. The third-order valence-electron chi connectivity index (χ3n) is 6.02. The first-order chi connectivity index (χ1) is 15.7. The summed E-state index contributed by atoms with van der Waals surface area (Å²) in [7, 11) is 0. The van der Waals surface area contributed by atoms with Gasteiger partial charge in [0.05, 0.1) is 19.3 Å². The molecule has 1 saturated heterocycles. The fourth-order valence-electron chi connectivity index (χ4n) is 4.52. The van der Waals surface area contributed by atoms with Gasteiger partial charge in [-0.2, -0.15) is 0 Å². The standard InChI is InChI=1S/C26H24FNO4/c27-23-12-6-1-7-17(23)15-24(25-30-13-14-31-25)28-26(29)32-16-22-20-10-4-2-8-18(20)19-9-3-5-11-21(19)22/h1-12,22,24-25H,13-16H2,(H,28,29)/t24-/m0/s1. The molecule has 1 aliphatic heterocycles. The van der Waals surface area contributed by atoms with Crippen LogP contribution in [0.2, 0.25) is 0 Å². The van der Waals surface area contributed by atoms with Crippen molar-refractivity contribution in [1.82, 2.24) is 5.32 Å². The van der Waals surface area contributed by atoms with Gasteiger partial charge in [0.15, 0.2) is 6.29 Å². The fourth-order valence-corrected chi connectivity index (χ4v) is 4.52. The number of benzene rings is 3. The smallest absolute Gasteiger partial charge is 0.407 e. The highest BCUT2D eigenvalue weighted by Gasteiger charge is 2.32. The molecule has 6 heteroatoms. The Morgan fingerprint density at radius 2 is 1.53 bits per heavy atom. The van der Waals surface area contributed by atoms with Crippen LogP contribution in [0.5, 0.6) is 0 Å². The van der Waals surface area contributed by atoms with E-state index in [-0.39, 0.29) is 24.8 Å². The first-order valence-corrected chi connectivity index (χ1v) is 10.8. The average molecular weight is 433 g/mol. The van der Waals surface area contributed by atoms with Gasteiger partial charge in [0.1, 0.15) is 12.4 Å².